The molecule has 17 heavy (non-hydrogen) atoms. The van der Waals surface area contributed by atoms with Gasteiger partial charge in [-0.2, -0.15) is 4.37 Å². The van der Waals surface area contributed by atoms with Gasteiger partial charge in [0, 0.05) is 12.6 Å². The van der Waals surface area contributed by atoms with E-state index in [-0.39, 0.29) is 6.10 Å². The molecule has 5 heteroatoms. The van der Waals surface area contributed by atoms with Crippen LogP contribution in [-0.4, -0.2) is 23.1 Å². The molecule has 0 aromatic carbocycles. The number of hydrogen-bond acceptors (Lipinski definition) is 5. The lowest BCUT2D eigenvalue weighted by atomic mass is 10.3. The van der Waals surface area contributed by atoms with Gasteiger partial charge in [-0.05, 0) is 45.6 Å². The Kier molecular flexibility index (Phi) is 5.05. The highest BCUT2D eigenvalue weighted by Crippen LogP contribution is 2.39. The van der Waals surface area contributed by atoms with Gasteiger partial charge in [-0.3, -0.25) is 0 Å². The molecule has 0 aliphatic carbocycles. The molecular formula is C12H23N3OS. The minimum absolute atomic E-state index is 0.114. The predicted octanol–water partition coefficient (Wildman–Crippen LogP) is 3.14. The van der Waals surface area contributed by atoms with Crippen molar-refractivity contribution in [1.82, 2.24) is 4.37 Å². The maximum Gasteiger partial charge on any atom is 0.198 e. The fraction of sp³-hybridized carbons (Fsp3) is 0.750. The number of nitrogen functional groups attached to an aromatic ring is 1. The van der Waals surface area contributed by atoms with Gasteiger partial charge in [-0.25, -0.2) is 0 Å². The van der Waals surface area contributed by atoms with Crippen LogP contribution in [0.3, 0.4) is 0 Å². The Hall–Kier alpha value is -0.970. The molecule has 0 fully saturated rings. The quantitative estimate of drug-likeness (QED) is 0.850. The Morgan fingerprint density at radius 1 is 1.35 bits per heavy atom. The van der Waals surface area contributed by atoms with Crippen LogP contribution in [0.15, 0.2) is 0 Å². The first-order valence-electron chi connectivity index (χ1n) is 6.15. The summed E-state index contributed by atoms with van der Waals surface area (Å²) in [6.07, 6.45) is 1.21. The average Bonchev–Trinajstić information content (AvgIpc) is 2.56. The Labute approximate surface area is 108 Å². The number of nitrogens with two attached hydrogens (primary N) is 1. The Morgan fingerprint density at radius 3 is 2.47 bits per heavy atom. The molecule has 1 aromatic rings. The number of aromatic nitrogens is 1. The molecule has 0 aliphatic rings. The van der Waals surface area contributed by atoms with E-state index in [2.05, 4.69) is 30.0 Å². The smallest absolute Gasteiger partial charge is 0.198 e. The maximum absolute atomic E-state index is 5.87. The number of hydrogen-bond donors (Lipinski definition) is 1. The molecule has 1 rings (SSSR count). The normalized spacial score (nSPS) is 11.2. The van der Waals surface area contributed by atoms with E-state index in [0.717, 1.165) is 23.7 Å². The van der Waals surface area contributed by atoms with Crippen molar-refractivity contribution < 1.29 is 4.74 Å². The maximum atomic E-state index is 5.87. The molecule has 0 unspecified atom stereocenters. The van der Waals surface area contributed by atoms with E-state index in [1.807, 2.05) is 13.8 Å². The lowest BCUT2D eigenvalue weighted by Crippen LogP contribution is -2.31. The van der Waals surface area contributed by atoms with Gasteiger partial charge in [-0.1, -0.05) is 6.92 Å². The van der Waals surface area contributed by atoms with Crippen molar-refractivity contribution in [3.05, 3.63) is 0 Å². The van der Waals surface area contributed by atoms with Gasteiger partial charge in [0.25, 0.3) is 0 Å². The van der Waals surface area contributed by atoms with Crippen LogP contribution in [0.1, 0.15) is 41.0 Å². The molecular weight excluding hydrogens is 234 g/mol. The summed E-state index contributed by atoms with van der Waals surface area (Å²) in [4.78, 5) is 2.30. The van der Waals surface area contributed by atoms with Crippen LogP contribution in [0, 0.1) is 0 Å². The highest BCUT2D eigenvalue weighted by molar-refractivity contribution is 7.11. The summed E-state index contributed by atoms with van der Waals surface area (Å²) in [7, 11) is 0. The number of nitrogens with zero attached hydrogens (tertiary/aromatic N) is 2. The molecule has 0 aliphatic heterocycles. The standard InChI is InChI=1S/C12H23N3OS/c1-6-7-15(8(2)3)12-10(16-9(4)5)11(13)14-17-12/h8-9H,6-7H2,1-5H3,(H2,13,14). The average molecular weight is 257 g/mol. The number of rotatable bonds is 6. The summed E-state index contributed by atoms with van der Waals surface area (Å²) >= 11 is 1.42. The Balaban J connectivity index is 3.01. The molecule has 0 atom stereocenters. The van der Waals surface area contributed by atoms with Crippen molar-refractivity contribution in [2.45, 2.75) is 53.2 Å². The molecule has 0 bridgehead atoms. The van der Waals surface area contributed by atoms with Crippen LogP contribution in [0.4, 0.5) is 10.8 Å². The van der Waals surface area contributed by atoms with E-state index >= 15 is 0 Å². The lowest BCUT2D eigenvalue weighted by molar-refractivity contribution is 0.244. The van der Waals surface area contributed by atoms with Crippen molar-refractivity contribution in [3.63, 3.8) is 0 Å². The second-order valence-electron chi connectivity index (χ2n) is 4.66. The monoisotopic (exact) mass is 257 g/mol. The largest absolute Gasteiger partial charge is 0.484 e. The first-order valence-corrected chi connectivity index (χ1v) is 6.93. The highest BCUT2D eigenvalue weighted by atomic mass is 32.1. The lowest BCUT2D eigenvalue weighted by Gasteiger charge is -2.27. The van der Waals surface area contributed by atoms with Crippen molar-refractivity contribution in [2.24, 2.45) is 0 Å². The molecule has 0 spiro atoms. The highest BCUT2D eigenvalue weighted by Gasteiger charge is 2.21. The van der Waals surface area contributed by atoms with Crippen LogP contribution in [-0.2, 0) is 0 Å². The molecule has 98 valence electrons. The van der Waals surface area contributed by atoms with E-state index in [1.54, 1.807) is 0 Å². The topological polar surface area (TPSA) is 51.4 Å². The minimum Gasteiger partial charge on any atom is -0.484 e. The SMILES string of the molecule is CCCN(c1snc(N)c1OC(C)C)C(C)C. The summed E-state index contributed by atoms with van der Waals surface area (Å²) in [6.45, 7) is 11.5. The third-order valence-corrected chi connectivity index (χ3v) is 3.24. The summed E-state index contributed by atoms with van der Waals surface area (Å²) in [6, 6.07) is 0.421. The van der Waals surface area contributed by atoms with Crippen LogP contribution in [0.5, 0.6) is 5.75 Å². The zero-order chi connectivity index (χ0) is 13.0. The molecule has 0 amide bonds. The van der Waals surface area contributed by atoms with Gasteiger partial charge in [0.05, 0.1) is 6.10 Å². The van der Waals surface area contributed by atoms with E-state index in [4.69, 9.17) is 10.5 Å². The van der Waals surface area contributed by atoms with Gasteiger partial charge in [0.2, 0.25) is 0 Å². The van der Waals surface area contributed by atoms with Crippen molar-refractivity contribution in [1.29, 1.82) is 0 Å². The number of ether oxygens (including phenoxy) is 1. The first-order chi connectivity index (χ1) is 7.97. The molecule has 1 aromatic heterocycles. The molecule has 2 N–H and O–H groups in total. The van der Waals surface area contributed by atoms with Gasteiger partial charge in [-0.15, -0.1) is 0 Å². The molecule has 4 nitrogen and oxygen atoms in total. The van der Waals surface area contributed by atoms with E-state index in [9.17, 15) is 0 Å². The third kappa shape index (κ3) is 3.49. The van der Waals surface area contributed by atoms with E-state index < -0.39 is 0 Å². The van der Waals surface area contributed by atoms with Crippen LogP contribution >= 0.6 is 11.5 Å². The van der Waals surface area contributed by atoms with Gasteiger partial charge >= 0.3 is 0 Å². The summed E-state index contributed by atoms with van der Waals surface area (Å²) in [5.74, 6) is 1.24. The summed E-state index contributed by atoms with van der Waals surface area (Å²) < 4.78 is 9.98. The molecule has 0 saturated heterocycles. The fourth-order valence-corrected chi connectivity index (χ4v) is 2.56. The van der Waals surface area contributed by atoms with Crippen LogP contribution in [0.2, 0.25) is 0 Å². The second kappa shape index (κ2) is 6.10. The number of anilines is 2. The Bertz CT molecular complexity index is 350. The van der Waals surface area contributed by atoms with Crippen molar-refractivity contribution in [2.75, 3.05) is 17.2 Å². The second-order valence-corrected chi connectivity index (χ2v) is 5.41. The summed E-state index contributed by atoms with van der Waals surface area (Å²) in [5.41, 5.74) is 5.87. The minimum atomic E-state index is 0.114. The fourth-order valence-electron chi connectivity index (χ4n) is 1.65. The van der Waals surface area contributed by atoms with Crippen LogP contribution < -0.4 is 15.4 Å². The molecule has 1 heterocycles. The van der Waals surface area contributed by atoms with Gasteiger partial charge in [0.1, 0.15) is 0 Å². The summed E-state index contributed by atoms with van der Waals surface area (Å²) in [5, 5.41) is 1.05. The van der Waals surface area contributed by atoms with E-state index in [0.29, 0.717) is 11.9 Å². The Morgan fingerprint density at radius 2 is 2.00 bits per heavy atom. The third-order valence-electron chi connectivity index (χ3n) is 2.36. The van der Waals surface area contributed by atoms with Crippen LogP contribution in [0.25, 0.3) is 0 Å². The van der Waals surface area contributed by atoms with Crippen molar-refractivity contribution >= 4 is 22.4 Å². The molecule has 0 saturated carbocycles. The zero-order valence-electron chi connectivity index (χ0n) is 11.4. The predicted molar refractivity (Wildman–Crippen MR) is 75.1 cm³/mol. The van der Waals surface area contributed by atoms with Gasteiger partial charge < -0.3 is 15.4 Å². The van der Waals surface area contributed by atoms with Gasteiger partial charge in [0.15, 0.2) is 16.6 Å². The molecule has 0 radical (unpaired) electrons. The van der Waals surface area contributed by atoms with Crippen molar-refractivity contribution in [3.8, 4) is 5.75 Å². The zero-order valence-corrected chi connectivity index (χ0v) is 12.2. The van der Waals surface area contributed by atoms with E-state index in [1.165, 1.54) is 11.5 Å². The first kappa shape index (κ1) is 14.1.